The van der Waals surface area contributed by atoms with Gasteiger partial charge in [-0.25, -0.2) is 4.98 Å². The SMILES string of the molecule is CC.CC(C)NCc1ccc(-c2nc(C(F)(F)F)cn2CC2(C(F)(F)F)CC2)cc1. The Bertz CT molecular complexity index is 815. The molecule has 0 bridgehead atoms. The van der Waals surface area contributed by atoms with Gasteiger partial charge in [-0.05, 0) is 18.4 Å². The first kappa shape index (κ1) is 24.2. The standard InChI is InChI=1S/C19H21F6N3.C2H6/c1-12(2)26-9-13-3-5-14(6-4-13)16-27-15(18(20,21)22)10-28(16)11-17(7-8-17)19(23,24)25;1-2/h3-6,10,12,26H,7-9,11H2,1-2H3;1-2H3. The lowest BCUT2D eigenvalue weighted by atomic mass is 10.1. The van der Waals surface area contributed by atoms with Gasteiger partial charge >= 0.3 is 12.4 Å². The summed E-state index contributed by atoms with van der Waals surface area (Å²) in [6.45, 7) is 7.99. The molecule has 0 aliphatic heterocycles. The molecule has 1 aromatic carbocycles. The topological polar surface area (TPSA) is 29.9 Å². The van der Waals surface area contributed by atoms with Crippen molar-refractivity contribution in [3.63, 3.8) is 0 Å². The highest BCUT2D eigenvalue weighted by atomic mass is 19.4. The van der Waals surface area contributed by atoms with Crippen LogP contribution in [-0.2, 0) is 19.3 Å². The molecule has 1 fully saturated rings. The molecule has 2 aromatic rings. The van der Waals surface area contributed by atoms with Crippen LogP contribution in [0.2, 0.25) is 0 Å². The molecule has 0 atom stereocenters. The number of hydrogen-bond donors (Lipinski definition) is 1. The Kier molecular flexibility index (Phi) is 7.27. The number of aromatic nitrogens is 2. The first-order chi connectivity index (χ1) is 13.9. The van der Waals surface area contributed by atoms with Crippen molar-refractivity contribution in [2.75, 3.05) is 0 Å². The minimum absolute atomic E-state index is 0.0880. The fraction of sp³-hybridized carbons (Fsp3) is 0.571. The van der Waals surface area contributed by atoms with Crippen molar-refractivity contribution in [2.24, 2.45) is 5.41 Å². The quantitative estimate of drug-likeness (QED) is 0.530. The Morgan fingerprint density at radius 1 is 1.03 bits per heavy atom. The van der Waals surface area contributed by atoms with Gasteiger partial charge in [0, 0.05) is 30.9 Å². The highest BCUT2D eigenvalue weighted by molar-refractivity contribution is 5.57. The summed E-state index contributed by atoms with van der Waals surface area (Å²) in [4.78, 5) is 3.60. The second kappa shape index (κ2) is 8.99. The van der Waals surface area contributed by atoms with Crippen molar-refractivity contribution >= 4 is 0 Å². The molecule has 1 heterocycles. The Balaban J connectivity index is 0.00000155. The van der Waals surface area contributed by atoms with Crippen LogP contribution in [0.5, 0.6) is 0 Å². The third-order valence-corrected chi connectivity index (χ3v) is 4.92. The zero-order valence-corrected chi connectivity index (χ0v) is 17.5. The van der Waals surface area contributed by atoms with Gasteiger partial charge in [-0.15, -0.1) is 0 Å². The smallest absolute Gasteiger partial charge is 0.329 e. The van der Waals surface area contributed by atoms with Crippen molar-refractivity contribution in [1.82, 2.24) is 14.9 Å². The molecule has 168 valence electrons. The highest BCUT2D eigenvalue weighted by Gasteiger charge is 2.63. The van der Waals surface area contributed by atoms with Gasteiger partial charge in [0.15, 0.2) is 5.69 Å². The van der Waals surface area contributed by atoms with Crippen molar-refractivity contribution in [1.29, 1.82) is 0 Å². The molecule has 0 unspecified atom stereocenters. The number of hydrogen-bond acceptors (Lipinski definition) is 2. The van der Waals surface area contributed by atoms with Gasteiger partial charge in [0.25, 0.3) is 0 Å². The molecule has 0 amide bonds. The number of nitrogens with zero attached hydrogens (tertiary/aromatic N) is 2. The zero-order valence-electron chi connectivity index (χ0n) is 17.5. The van der Waals surface area contributed by atoms with Crippen LogP contribution in [-0.4, -0.2) is 21.8 Å². The summed E-state index contributed by atoms with van der Waals surface area (Å²) in [7, 11) is 0. The molecule has 1 N–H and O–H groups in total. The van der Waals surface area contributed by atoms with E-state index in [0.29, 0.717) is 18.3 Å². The van der Waals surface area contributed by atoms with Gasteiger partial charge in [-0.3, -0.25) is 0 Å². The van der Waals surface area contributed by atoms with E-state index in [4.69, 9.17) is 0 Å². The van der Waals surface area contributed by atoms with E-state index < -0.39 is 30.0 Å². The van der Waals surface area contributed by atoms with Crippen LogP contribution in [0.25, 0.3) is 11.4 Å². The van der Waals surface area contributed by atoms with Crippen molar-refractivity contribution in [2.45, 2.75) is 72.0 Å². The first-order valence-corrected chi connectivity index (χ1v) is 9.95. The van der Waals surface area contributed by atoms with Crippen molar-refractivity contribution in [3.8, 4) is 11.4 Å². The third kappa shape index (κ3) is 5.56. The van der Waals surface area contributed by atoms with Gasteiger partial charge in [0.1, 0.15) is 5.82 Å². The van der Waals surface area contributed by atoms with Crippen LogP contribution < -0.4 is 5.32 Å². The summed E-state index contributed by atoms with van der Waals surface area (Å²) in [5, 5.41) is 3.22. The van der Waals surface area contributed by atoms with Gasteiger partial charge in [0.05, 0.1) is 5.41 Å². The fourth-order valence-corrected chi connectivity index (χ4v) is 3.01. The number of nitrogens with one attached hydrogen (secondary N) is 1. The molecule has 0 spiro atoms. The van der Waals surface area contributed by atoms with Crippen molar-refractivity contribution in [3.05, 3.63) is 41.7 Å². The lowest BCUT2D eigenvalue weighted by molar-refractivity contribution is -0.190. The maximum atomic E-state index is 13.3. The van der Waals surface area contributed by atoms with E-state index in [2.05, 4.69) is 10.3 Å². The Morgan fingerprint density at radius 2 is 1.60 bits per heavy atom. The number of rotatable bonds is 6. The monoisotopic (exact) mass is 435 g/mol. The van der Waals surface area contributed by atoms with Crippen LogP contribution >= 0.6 is 0 Å². The molecule has 1 saturated carbocycles. The Hall–Kier alpha value is -2.03. The number of alkyl halides is 6. The highest BCUT2D eigenvalue weighted by Crippen LogP contribution is 2.59. The summed E-state index contributed by atoms with van der Waals surface area (Å²) < 4.78 is 80.2. The predicted octanol–water partition coefficient (Wildman–Crippen LogP) is 6.44. The van der Waals surface area contributed by atoms with Gasteiger partial charge in [0.2, 0.25) is 0 Å². The van der Waals surface area contributed by atoms with Crippen LogP contribution in [0.4, 0.5) is 26.3 Å². The van der Waals surface area contributed by atoms with E-state index in [0.717, 1.165) is 10.1 Å². The normalized spacial score (nSPS) is 15.7. The molecular weight excluding hydrogens is 408 g/mol. The maximum absolute atomic E-state index is 13.3. The number of halogens is 6. The average Bonchev–Trinajstić information content (AvgIpc) is 3.33. The van der Waals surface area contributed by atoms with Crippen LogP contribution in [0, 0.1) is 5.41 Å². The summed E-state index contributed by atoms with van der Waals surface area (Å²) in [5.74, 6) is -0.105. The van der Waals surface area contributed by atoms with E-state index in [1.807, 2.05) is 27.7 Å². The van der Waals surface area contributed by atoms with Crippen molar-refractivity contribution < 1.29 is 26.3 Å². The summed E-state index contributed by atoms with van der Waals surface area (Å²) >= 11 is 0. The second-order valence-electron chi connectivity index (χ2n) is 7.59. The van der Waals surface area contributed by atoms with Gasteiger partial charge in [-0.2, -0.15) is 26.3 Å². The lowest BCUT2D eigenvalue weighted by Crippen LogP contribution is -2.29. The van der Waals surface area contributed by atoms with Crippen LogP contribution in [0.15, 0.2) is 30.5 Å². The lowest BCUT2D eigenvalue weighted by Gasteiger charge is -2.20. The van der Waals surface area contributed by atoms with E-state index in [-0.39, 0.29) is 24.7 Å². The molecule has 0 radical (unpaired) electrons. The minimum atomic E-state index is -4.73. The van der Waals surface area contributed by atoms with Crippen LogP contribution in [0.3, 0.4) is 0 Å². The Morgan fingerprint density at radius 3 is 2.03 bits per heavy atom. The molecule has 1 aliphatic rings. The molecule has 0 saturated heterocycles. The predicted molar refractivity (Wildman–Crippen MR) is 104 cm³/mol. The van der Waals surface area contributed by atoms with E-state index >= 15 is 0 Å². The molecule has 30 heavy (non-hydrogen) atoms. The van der Waals surface area contributed by atoms with E-state index in [9.17, 15) is 26.3 Å². The first-order valence-electron chi connectivity index (χ1n) is 9.95. The molecule has 3 nitrogen and oxygen atoms in total. The third-order valence-electron chi connectivity index (χ3n) is 4.92. The molecule has 1 aromatic heterocycles. The molecule has 3 rings (SSSR count). The minimum Gasteiger partial charge on any atom is -0.329 e. The Labute approximate surface area is 172 Å². The van der Waals surface area contributed by atoms with Gasteiger partial charge < -0.3 is 9.88 Å². The molecule has 9 heteroatoms. The summed E-state index contributed by atoms with van der Waals surface area (Å²) in [6, 6.07) is 6.90. The average molecular weight is 435 g/mol. The second-order valence-corrected chi connectivity index (χ2v) is 7.59. The largest absolute Gasteiger partial charge is 0.434 e. The van der Waals surface area contributed by atoms with E-state index in [1.54, 1.807) is 24.3 Å². The number of benzene rings is 1. The summed E-state index contributed by atoms with van der Waals surface area (Å²) in [6.07, 6.45) is -8.69. The summed E-state index contributed by atoms with van der Waals surface area (Å²) in [5.41, 5.74) is -1.89. The molecular formula is C21H27F6N3. The molecule has 1 aliphatic carbocycles. The fourth-order valence-electron chi connectivity index (χ4n) is 3.01. The maximum Gasteiger partial charge on any atom is 0.434 e. The van der Waals surface area contributed by atoms with Gasteiger partial charge in [-0.1, -0.05) is 52.0 Å². The van der Waals surface area contributed by atoms with E-state index in [1.165, 1.54) is 0 Å². The zero-order chi connectivity index (χ0) is 22.7. The number of imidazole rings is 1. The van der Waals surface area contributed by atoms with Crippen LogP contribution in [0.1, 0.15) is 51.8 Å².